The molecule has 0 N–H and O–H groups in total. The first-order valence-corrected chi connectivity index (χ1v) is 26.6. The minimum atomic E-state index is -0.830. The molecule has 6 heteroatoms. The van der Waals surface area contributed by atoms with Gasteiger partial charge in [-0.3, -0.25) is 14.4 Å². The molecule has 0 aromatic heterocycles. The van der Waals surface area contributed by atoms with Crippen LogP contribution in [0.5, 0.6) is 0 Å². The topological polar surface area (TPSA) is 78.9 Å². The van der Waals surface area contributed by atoms with Crippen molar-refractivity contribution in [3.05, 3.63) is 122 Å². The largest absolute Gasteiger partial charge is 0.462 e. The van der Waals surface area contributed by atoms with E-state index in [0.29, 0.717) is 12.8 Å². The zero-order chi connectivity index (χ0) is 47.9. The standard InChI is InChI=1S/C60H96O6/c1-4-7-10-13-16-19-22-24-26-28-30-32-33-35-38-41-44-47-50-53-59(62)65-56-57(55-64-58(61)52-49-46-43-40-37-21-18-15-12-9-6-3)66-60(63)54-51-48-45-42-39-36-34-31-29-27-25-23-20-17-14-11-8-5-2/h7,10,15-16,18-19,21,24,26-27,29-32,34-35,37-38,44,47,57H,4-6,8-9,11-14,17,20,22-23,25,28,33,36,39-43,45-46,48-56H2,1-3H3/b10-7-,18-15-,19-16-,26-24-,29-27-,32-30-,34-31-,37-21-,38-35-,47-44-. The average molecular weight is 913 g/mol. The number of rotatable bonds is 46. The summed E-state index contributed by atoms with van der Waals surface area (Å²) >= 11 is 0. The van der Waals surface area contributed by atoms with Gasteiger partial charge in [0.25, 0.3) is 0 Å². The molecule has 0 saturated carbocycles. The van der Waals surface area contributed by atoms with Crippen LogP contribution in [0.1, 0.15) is 220 Å². The number of esters is 3. The van der Waals surface area contributed by atoms with Crippen LogP contribution < -0.4 is 0 Å². The fourth-order valence-electron chi connectivity index (χ4n) is 6.73. The first kappa shape index (κ1) is 61.8. The molecule has 372 valence electrons. The molecule has 0 radical (unpaired) electrons. The van der Waals surface area contributed by atoms with E-state index in [0.717, 1.165) is 109 Å². The molecule has 0 heterocycles. The van der Waals surface area contributed by atoms with Crippen molar-refractivity contribution >= 4 is 17.9 Å². The van der Waals surface area contributed by atoms with Gasteiger partial charge in [-0.15, -0.1) is 0 Å². The second-order valence-corrected chi connectivity index (χ2v) is 17.1. The maximum Gasteiger partial charge on any atom is 0.306 e. The molecule has 0 bridgehead atoms. The van der Waals surface area contributed by atoms with Gasteiger partial charge in [-0.05, 0) is 103 Å². The minimum Gasteiger partial charge on any atom is -0.462 e. The van der Waals surface area contributed by atoms with Gasteiger partial charge in [0.05, 0.1) is 0 Å². The molecule has 1 unspecified atom stereocenters. The molecule has 66 heavy (non-hydrogen) atoms. The van der Waals surface area contributed by atoms with Gasteiger partial charge in [0.1, 0.15) is 13.2 Å². The number of carbonyl (C=O) groups is 3. The molecule has 0 aromatic rings. The molecule has 0 saturated heterocycles. The van der Waals surface area contributed by atoms with E-state index in [9.17, 15) is 14.4 Å². The van der Waals surface area contributed by atoms with Crippen molar-refractivity contribution in [2.24, 2.45) is 0 Å². The summed E-state index contributed by atoms with van der Waals surface area (Å²) in [5.41, 5.74) is 0. The second kappa shape index (κ2) is 53.4. The maximum absolute atomic E-state index is 12.8. The lowest BCUT2D eigenvalue weighted by Gasteiger charge is -2.18. The monoisotopic (exact) mass is 913 g/mol. The van der Waals surface area contributed by atoms with E-state index in [1.807, 2.05) is 12.2 Å². The lowest BCUT2D eigenvalue weighted by Crippen LogP contribution is -2.30. The number of unbranched alkanes of at least 4 members (excludes halogenated alkanes) is 17. The maximum atomic E-state index is 12.8. The van der Waals surface area contributed by atoms with Crippen molar-refractivity contribution in [1.82, 2.24) is 0 Å². The van der Waals surface area contributed by atoms with Crippen molar-refractivity contribution in [2.75, 3.05) is 13.2 Å². The van der Waals surface area contributed by atoms with Gasteiger partial charge in [-0.1, -0.05) is 219 Å². The normalized spacial score (nSPS) is 13.1. The molecule has 6 nitrogen and oxygen atoms in total. The summed E-state index contributed by atoms with van der Waals surface area (Å²) in [6.07, 6.45) is 73.4. The summed E-state index contributed by atoms with van der Waals surface area (Å²) in [7, 11) is 0. The highest BCUT2D eigenvalue weighted by molar-refractivity contribution is 5.71. The van der Waals surface area contributed by atoms with Gasteiger partial charge >= 0.3 is 17.9 Å². The summed E-state index contributed by atoms with van der Waals surface area (Å²) in [5.74, 6) is -1.06. The average Bonchev–Trinajstić information content (AvgIpc) is 3.31. The quantitative estimate of drug-likeness (QED) is 0.0199. The van der Waals surface area contributed by atoms with Crippen LogP contribution in [-0.4, -0.2) is 37.2 Å². The van der Waals surface area contributed by atoms with Crippen LogP contribution in [0.4, 0.5) is 0 Å². The Labute approximate surface area is 405 Å². The Hall–Kier alpha value is -4.19. The van der Waals surface area contributed by atoms with Gasteiger partial charge < -0.3 is 14.2 Å². The summed E-state index contributed by atoms with van der Waals surface area (Å²) in [6.45, 7) is 6.35. The van der Waals surface area contributed by atoms with E-state index < -0.39 is 6.10 Å². The van der Waals surface area contributed by atoms with Gasteiger partial charge in [0.2, 0.25) is 0 Å². The highest BCUT2D eigenvalue weighted by Crippen LogP contribution is 2.12. The highest BCUT2D eigenvalue weighted by Gasteiger charge is 2.19. The van der Waals surface area contributed by atoms with Crippen LogP contribution in [0.3, 0.4) is 0 Å². The Morgan fingerprint density at radius 3 is 1.14 bits per heavy atom. The summed E-state index contributed by atoms with van der Waals surface area (Å²) < 4.78 is 16.7. The van der Waals surface area contributed by atoms with E-state index in [1.54, 1.807) is 0 Å². The zero-order valence-electron chi connectivity index (χ0n) is 42.4. The Morgan fingerprint density at radius 1 is 0.333 bits per heavy atom. The van der Waals surface area contributed by atoms with Crippen LogP contribution in [0.15, 0.2) is 122 Å². The smallest absolute Gasteiger partial charge is 0.306 e. The van der Waals surface area contributed by atoms with Crippen molar-refractivity contribution in [3.8, 4) is 0 Å². The van der Waals surface area contributed by atoms with Crippen LogP contribution in [0, 0.1) is 0 Å². The molecule has 0 amide bonds. The SMILES string of the molecule is CC/C=C\C/C=C\C/C=C\C/C=C\C/C=C\C/C=C\CCC(=O)OCC(COC(=O)CCCCC/C=C\C=C/CCCC)OC(=O)CCCCCCC/C=C\C=C/CCCCCCCCC. The zero-order valence-corrected chi connectivity index (χ0v) is 42.4. The predicted octanol–water partition coefficient (Wildman–Crippen LogP) is 17.7. The van der Waals surface area contributed by atoms with Gasteiger partial charge in [0.15, 0.2) is 6.10 Å². The summed E-state index contributed by atoms with van der Waals surface area (Å²) in [6, 6.07) is 0. The predicted molar refractivity (Wildman–Crippen MR) is 283 cm³/mol. The highest BCUT2D eigenvalue weighted by atomic mass is 16.6. The molecular weight excluding hydrogens is 817 g/mol. The van der Waals surface area contributed by atoms with E-state index in [4.69, 9.17) is 14.2 Å². The Kier molecular flexibility index (Phi) is 50.0. The molecule has 0 aliphatic carbocycles. The third-order valence-corrected chi connectivity index (χ3v) is 10.7. The Bertz CT molecular complexity index is 1420. The molecule has 0 aromatic carbocycles. The third-order valence-electron chi connectivity index (χ3n) is 10.7. The van der Waals surface area contributed by atoms with Crippen molar-refractivity contribution in [2.45, 2.75) is 226 Å². The molecule has 0 spiro atoms. The molecular formula is C60H96O6. The molecule has 0 rings (SSSR count). The summed E-state index contributed by atoms with van der Waals surface area (Å²) in [4.78, 5) is 38.0. The van der Waals surface area contributed by atoms with Gasteiger partial charge in [-0.2, -0.15) is 0 Å². The number of allylic oxidation sites excluding steroid dienone is 20. The lowest BCUT2D eigenvalue weighted by molar-refractivity contribution is -0.166. The van der Waals surface area contributed by atoms with E-state index >= 15 is 0 Å². The van der Waals surface area contributed by atoms with Crippen LogP contribution in [0.2, 0.25) is 0 Å². The Morgan fingerprint density at radius 2 is 0.682 bits per heavy atom. The lowest BCUT2D eigenvalue weighted by atomic mass is 10.1. The molecule has 0 aliphatic heterocycles. The minimum absolute atomic E-state index is 0.125. The van der Waals surface area contributed by atoms with Gasteiger partial charge in [-0.25, -0.2) is 0 Å². The van der Waals surface area contributed by atoms with Crippen LogP contribution in [0.25, 0.3) is 0 Å². The number of ether oxygens (including phenoxy) is 3. The molecule has 1 atom stereocenters. The van der Waals surface area contributed by atoms with Crippen molar-refractivity contribution < 1.29 is 28.6 Å². The number of carbonyl (C=O) groups excluding carboxylic acids is 3. The van der Waals surface area contributed by atoms with Gasteiger partial charge in [0, 0.05) is 19.3 Å². The van der Waals surface area contributed by atoms with Crippen LogP contribution >= 0.6 is 0 Å². The molecule has 0 fully saturated rings. The van der Waals surface area contributed by atoms with Crippen molar-refractivity contribution in [1.29, 1.82) is 0 Å². The van der Waals surface area contributed by atoms with Crippen molar-refractivity contribution in [3.63, 3.8) is 0 Å². The molecule has 0 aliphatic rings. The summed E-state index contributed by atoms with van der Waals surface area (Å²) in [5, 5.41) is 0. The van der Waals surface area contributed by atoms with E-state index in [2.05, 4.69) is 130 Å². The number of hydrogen-bond acceptors (Lipinski definition) is 6. The van der Waals surface area contributed by atoms with E-state index in [-0.39, 0.29) is 44.0 Å². The first-order valence-electron chi connectivity index (χ1n) is 26.6. The van der Waals surface area contributed by atoms with E-state index in [1.165, 1.54) is 64.2 Å². The first-order chi connectivity index (χ1) is 32.5. The fourth-order valence-corrected chi connectivity index (χ4v) is 6.73. The second-order valence-electron chi connectivity index (χ2n) is 17.1. The number of hydrogen-bond donors (Lipinski definition) is 0. The fraction of sp³-hybridized carbons (Fsp3) is 0.617. The Balaban J connectivity index is 4.55. The van der Waals surface area contributed by atoms with Crippen LogP contribution in [-0.2, 0) is 28.6 Å². The third kappa shape index (κ3) is 50.8.